The van der Waals surface area contributed by atoms with Crippen LogP contribution in [-0.4, -0.2) is 36.0 Å². The van der Waals surface area contributed by atoms with E-state index in [0.29, 0.717) is 12.1 Å². The van der Waals surface area contributed by atoms with Crippen LogP contribution in [0.5, 0.6) is 0 Å². The highest BCUT2D eigenvalue weighted by atomic mass is 79.9. The van der Waals surface area contributed by atoms with Crippen molar-refractivity contribution in [3.63, 3.8) is 0 Å². The Morgan fingerprint density at radius 3 is 2.74 bits per heavy atom. The second-order valence-electron chi connectivity index (χ2n) is 4.77. The number of amides is 1. The third-order valence-corrected chi connectivity index (χ3v) is 6.83. The standard InChI is InChI=1S/C13H18Br2N2OS/c1-3-8-7-17(9(4-2)6-16-8)13(18)11-5-10(14)12(15)19-11/h5,8-9,16H,3-4,6-7H2,1-2H3. The van der Waals surface area contributed by atoms with E-state index in [9.17, 15) is 4.79 Å². The van der Waals surface area contributed by atoms with Gasteiger partial charge in [-0.05, 0) is 50.8 Å². The Morgan fingerprint density at radius 2 is 2.21 bits per heavy atom. The first kappa shape index (κ1) is 15.5. The highest BCUT2D eigenvalue weighted by molar-refractivity contribution is 9.13. The molecule has 0 saturated carbocycles. The summed E-state index contributed by atoms with van der Waals surface area (Å²) in [6.07, 6.45) is 2.04. The van der Waals surface area contributed by atoms with Crippen molar-refractivity contribution in [2.45, 2.75) is 38.8 Å². The van der Waals surface area contributed by atoms with Crippen molar-refractivity contribution in [1.29, 1.82) is 0 Å². The number of piperazine rings is 1. The average Bonchev–Trinajstić information content (AvgIpc) is 2.77. The number of hydrogen-bond acceptors (Lipinski definition) is 3. The number of nitrogens with zero attached hydrogens (tertiary/aromatic N) is 1. The number of hydrogen-bond donors (Lipinski definition) is 1. The molecule has 1 aromatic heterocycles. The van der Waals surface area contributed by atoms with Gasteiger partial charge in [-0.25, -0.2) is 0 Å². The molecular formula is C13H18Br2N2OS. The first-order valence-corrected chi connectivity index (χ1v) is 8.96. The molecule has 1 amide bonds. The molecule has 0 aromatic carbocycles. The molecular weight excluding hydrogens is 392 g/mol. The molecule has 2 rings (SSSR count). The zero-order valence-electron chi connectivity index (χ0n) is 11.1. The summed E-state index contributed by atoms with van der Waals surface area (Å²) in [7, 11) is 0. The second kappa shape index (κ2) is 6.70. The Labute approximate surface area is 135 Å². The molecule has 0 bridgehead atoms. The van der Waals surface area contributed by atoms with Crippen LogP contribution in [0.15, 0.2) is 14.3 Å². The third kappa shape index (κ3) is 3.40. The van der Waals surface area contributed by atoms with Gasteiger partial charge in [-0.15, -0.1) is 11.3 Å². The van der Waals surface area contributed by atoms with Gasteiger partial charge >= 0.3 is 0 Å². The van der Waals surface area contributed by atoms with Crippen LogP contribution in [0.1, 0.15) is 36.4 Å². The van der Waals surface area contributed by atoms with Crippen molar-refractivity contribution in [1.82, 2.24) is 10.2 Å². The zero-order valence-corrected chi connectivity index (χ0v) is 15.1. The summed E-state index contributed by atoms with van der Waals surface area (Å²) in [5.41, 5.74) is 0. The van der Waals surface area contributed by atoms with Crippen molar-refractivity contribution >= 4 is 49.1 Å². The SMILES string of the molecule is CCC1CN(C(=O)c2cc(Br)c(Br)s2)C(CC)CN1. The normalized spacial score (nSPS) is 23.7. The van der Waals surface area contributed by atoms with Gasteiger partial charge in [0.1, 0.15) is 0 Å². The molecule has 1 fully saturated rings. The number of carbonyl (C=O) groups excluding carboxylic acids is 1. The van der Waals surface area contributed by atoms with Gasteiger partial charge < -0.3 is 10.2 Å². The van der Waals surface area contributed by atoms with Gasteiger partial charge in [-0.2, -0.15) is 0 Å². The van der Waals surface area contributed by atoms with Crippen molar-refractivity contribution < 1.29 is 4.79 Å². The van der Waals surface area contributed by atoms with E-state index in [0.717, 1.165) is 39.1 Å². The molecule has 19 heavy (non-hydrogen) atoms. The first-order chi connectivity index (χ1) is 9.06. The van der Waals surface area contributed by atoms with Gasteiger partial charge in [0.15, 0.2) is 0 Å². The largest absolute Gasteiger partial charge is 0.332 e. The maximum Gasteiger partial charge on any atom is 0.264 e. The molecule has 106 valence electrons. The first-order valence-electron chi connectivity index (χ1n) is 6.56. The molecule has 2 atom stereocenters. The Hall–Kier alpha value is 0.0900. The van der Waals surface area contributed by atoms with Crippen LogP contribution in [0, 0.1) is 0 Å². The average molecular weight is 410 g/mol. The van der Waals surface area contributed by atoms with E-state index < -0.39 is 0 Å². The third-order valence-electron chi connectivity index (χ3n) is 3.58. The fourth-order valence-electron chi connectivity index (χ4n) is 2.34. The lowest BCUT2D eigenvalue weighted by atomic mass is 10.0. The zero-order chi connectivity index (χ0) is 14.0. The minimum Gasteiger partial charge on any atom is -0.332 e. The molecule has 0 radical (unpaired) electrons. The fourth-order valence-corrected chi connectivity index (χ4v) is 4.34. The summed E-state index contributed by atoms with van der Waals surface area (Å²) >= 11 is 8.40. The van der Waals surface area contributed by atoms with Crippen LogP contribution in [0.4, 0.5) is 0 Å². The predicted molar refractivity (Wildman–Crippen MR) is 86.9 cm³/mol. The van der Waals surface area contributed by atoms with Crippen LogP contribution < -0.4 is 5.32 Å². The number of carbonyl (C=O) groups is 1. The highest BCUT2D eigenvalue weighted by Crippen LogP contribution is 2.33. The van der Waals surface area contributed by atoms with Crippen LogP contribution in [0.25, 0.3) is 0 Å². The van der Waals surface area contributed by atoms with Crippen LogP contribution in [0.2, 0.25) is 0 Å². The lowest BCUT2D eigenvalue weighted by Gasteiger charge is -2.39. The molecule has 0 aliphatic carbocycles. The van der Waals surface area contributed by atoms with Crippen molar-refractivity contribution in [3.05, 3.63) is 19.2 Å². The Kier molecular flexibility index (Phi) is 5.45. The Morgan fingerprint density at radius 1 is 1.47 bits per heavy atom. The number of halogens is 2. The predicted octanol–water partition coefficient (Wildman–Crippen LogP) is 3.88. The number of thiophene rings is 1. The van der Waals surface area contributed by atoms with Crippen LogP contribution >= 0.6 is 43.2 Å². The fraction of sp³-hybridized carbons (Fsp3) is 0.615. The van der Waals surface area contributed by atoms with Crippen LogP contribution in [-0.2, 0) is 0 Å². The van der Waals surface area contributed by atoms with E-state index in [1.165, 1.54) is 11.3 Å². The quantitative estimate of drug-likeness (QED) is 0.821. The van der Waals surface area contributed by atoms with Crippen molar-refractivity contribution in [2.24, 2.45) is 0 Å². The molecule has 1 N–H and O–H groups in total. The van der Waals surface area contributed by atoms with Gasteiger partial charge in [0, 0.05) is 29.6 Å². The molecule has 1 saturated heterocycles. The summed E-state index contributed by atoms with van der Waals surface area (Å²) in [6.45, 7) is 6.00. The Balaban J connectivity index is 2.18. The Bertz CT molecular complexity index is 444. The molecule has 6 heteroatoms. The molecule has 1 aliphatic heterocycles. The molecule has 3 nitrogen and oxygen atoms in total. The summed E-state index contributed by atoms with van der Waals surface area (Å²) in [5, 5.41) is 3.51. The number of nitrogens with one attached hydrogen (secondary N) is 1. The molecule has 2 unspecified atom stereocenters. The minimum atomic E-state index is 0.156. The number of rotatable bonds is 3. The summed E-state index contributed by atoms with van der Waals surface area (Å²) in [6, 6.07) is 2.63. The smallest absolute Gasteiger partial charge is 0.264 e. The summed E-state index contributed by atoms with van der Waals surface area (Å²) in [5.74, 6) is 0.156. The maximum atomic E-state index is 12.7. The van der Waals surface area contributed by atoms with Crippen molar-refractivity contribution in [3.8, 4) is 0 Å². The summed E-state index contributed by atoms with van der Waals surface area (Å²) < 4.78 is 1.93. The van der Waals surface area contributed by atoms with Crippen molar-refractivity contribution in [2.75, 3.05) is 13.1 Å². The van der Waals surface area contributed by atoms with E-state index in [1.807, 2.05) is 11.0 Å². The topological polar surface area (TPSA) is 32.3 Å². The van der Waals surface area contributed by atoms with E-state index >= 15 is 0 Å². The van der Waals surface area contributed by atoms with E-state index in [-0.39, 0.29) is 5.91 Å². The lowest BCUT2D eigenvalue weighted by Crippen LogP contribution is -2.57. The van der Waals surface area contributed by atoms with E-state index in [2.05, 4.69) is 51.0 Å². The van der Waals surface area contributed by atoms with Crippen LogP contribution in [0.3, 0.4) is 0 Å². The molecule has 0 spiro atoms. The molecule has 2 heterocycles. The molecule has 1 aromatic rings. The summed E-state index contributed by atoms with van der Waals surface area (Å²) in [4.78, 5) is 15.5. The monoisotopic (exact) mass is 408 g/mol. The van der Waals surface area contributed by atoms with E-state index in [1.54, 1.807) is 0 Å². The van der Waals surface area contributed by atoms with Gasteiger partial charge in [0.25, 0.3) is 5.91 Å². The van der Waals surface area contributed by atoms with Gasteiger partial charge in [0.05, 0.1) is 8.66 Å². The van der Waals surface area contributed by atoms with Gasteiger partial charge in [0.2, 0.25) is 0 Å². The van der Waals surface area contributed by atoms with Gasteiger partial charge in [-0.3, -0.25) is 4.79 Å². The second-order valence-corrected chi connectivity index (χ2v) is 7.99. The van der Waals surface area contributed by atoms with E-state index in [4.69, 9.17) is 0 Å². The lowest BCUT2D eigenvalue weighted by molar-refractivity contribution is 0.0581. The van der Waals surface area contributed by atoms with Gasteiger partial charge in [-0.1, -0.05) is 13.8 Å². The highest BCUT2D eigenvalue weighted by Gasteiger charge is 2.31. The molecule has 1 aliphatic rings. The minimum absolute atomic E-state index is 0.156. The maximum absolute atomic E-state index is 12.7.